The zero-order valence-electron chi connectivity index (χ0n) is 88.3. The van der Waals surface area contributed by atoms with Crippen LogP contribution in [0.15, 0.2) is 73.2 Å². The molecular weight excluding hydrogens is 1720 g/mol. The zero-order chi connectivity index (χ0) is 96.8. The van der Waals surface area contributed by atoms with Crippen LogP contribution in [0.1, 0.15) is 336 Å². The number of rotatable bonds is 43. The summed E-state index contributed by atoms with van der Waals surface area (Å²) in [7, 11) is 9.74. The van der Waals surface area contributed by atoms with Crippen LogP contribution in [0.4, 0.5) is 0 Å². The van der Waals surface area contributed by atoms with E-state index in [1.54, 1.807) is 21.3 Å². The van der Waals surface area contributed by atoms with Crippen LogP contribution in [-0.4, -0.2) is 167 Å². The molecule has 12 saturated carbocycles. The van der Waals surface area contributed by atoms with E-state index in [9.17, 15) is 19.2 Å². The van der Waals surface area contributed by atoms with Crippen molar-refractivity contribution in [2.24, 2.45) is 145 Å². The third-order valence-corrected chi connectivity index (χ3v) is 39.2. The summed E-state index contributed by atoms with van der Waals surface area (Å²) >= 11 is 0. The fourth-order valence-electron chi connectivity index (χ4n) is 32.0. The summed E-state index contributed by atoms with van der Waals surface area (Å²) in [6, 6.07) is 19.7. The molecule has 12 fully saturated rings. The number of nitrogens with two attached hydrogens (primary N) is 1. The third-order valence-electron chi connectivity index (χ3n) is 39.2. The largest absolute Gasteiger partial charge is 1.00 e. The van der Waals surface area contributed by atoms with Gasteiger partial charge in [-0.2, -0.15) is 0 Å². The number of pyridine rings is 3. The first-order valence-corrected chi connectivity index (χ1v) is 54.1. The van der Waals surface area contributed by atoms with E-state index >= 15 is 0 Å². The van der Waals surface area contributed by atoms with Crippen molar-refractivity contribution in [1.29, 1.82) is 5.26 Å². The molecule has 3 aromatic heterocycles. The van der Waals surface area contributed by atoms with Crippen molar-refractivity contribution in [2.45, 2.75) is 369 Å². The molecular formula is C114H185BN8NaO13. The Morgan fingerprint density at radius 1 is 0.423 bits per heavy atom. The van der Waals surface area contributed by atoms with Crippen LogP contribution >= 0.6 is 0 Å². The fraction of sp³-hybridized carbons (Fsp3) is 0.825. The number of aryl methyl sites for hydroxylation is 2. The van der Waals surface area contributed by atoms with Crippen LogP contribution in [0, 0.1) is 151 Å². The average molecular weight is 1910 g/mol. The third kappa shape index (κ3) is 29.4. The molecule has 763 valence electrons. The maximum atomic E-state index is 12.3. The van der Waals surface area contributed by atoms with Crippen molar-refractivity contribution in [2.75, 3.05) is 89.2 Å². The molecule has 12 aliphatic carbocycles. The van der Waals surface area contributed by atoms with Crippen molar-refractivity contribution in [1.82, 2.24) is 30.9 Å². The number of fused-ring (bicyclic) bond motifs is 15. The number of nitrogens with one attached hydrogen (secondary N) is 3. The number of hydrogen-bond donors (Lipinski definition) is 4. The minimum Gasteiger partial charge on any atom is -0.512 e. The first-order chi connectivity index (χ1) is 65.3. The summed E-state index contributed by atoms with van der Waals surface area (Å²) < 4.78 is 50.8. The van der Waals surface area contributed by atoms with Crippen LogP contribution < -0.4 is 51.2 Å². The summed E-state index contributed by atoms with van der Waals surface area (Å²) in [5.74, 6) is 11.7. The molecule has 5 N–H and O–H groups in total. The molecule has 15 rings (SSSR count). The van der Waals surface area contributed by atoms with Gasteiger partial charge in [0.2, 0.25) is 0 Å². The van der Waals surface area contributed by atoms with Gasteiger partial charge in [0.05, 0.1) is 45.3 Å². The van der Waals surface area contributed by atoms with Crippen LogP contribution in [0.3, 0.4) is 0 Å². The maximum Gasteiger partial charge on any atom is 1.00 e. The molecule has 0 saturated heterocycles. The molecule has 0 aliphatic heterocycles. The summed E-state index contributed by atoms with van der Waals surface area (Å²) in [6.07, 6.45) is 54.8. The standard InChI is InChI=1S/2C38H62N2O4.C27H44O5.C10H17N3.CN.B.Na/c2*1-27(14-17-35(41)43-5)31-15-16-32-36-33(19-21-38(31,32)3)37(2)20-18-30(24-28(37)25-34(36)44-26-42-4)40-22-10-7-6-8-12-29-13-9-11-23-39-29;1-17(6-9-24(29)31-5)20-7-8-21-25-22(11-13-27(20,21)3)26(2)12-10-19(28)14-18(26)15-23(25)32-16-30-4;11-6-2-4-7-12-9-10-5-1-3-8-13-10;1-2;;/h2*9,11,13,23,27-28,30-34,36,40H,6-8,10,12,14-22,24-26H2,1-5H3;17-18,20-23,25H,6-16H2,1-5H3;1,3,5,8,12H,2,4,6-7,9,11H2;;;/q;;;;-1;;+1/t27-,28-,30+,31-,32+,33+,34-,36+,37+,38-;27-,28-,30-,31-,32+,33+,34-,36+,37+,38-;17-,18-,20-,21+,22+,23-,25+,26+,27-;;;;/m111..../s1. The van der Waals surface area contributed by atoms with Crippen molar-refractivity contribution in [3.8, 4) is 0 Å². The van der Waals surface area contributed by atoms with E-state index in [1.165, 1.54) is 213 Å². The summed E-state index contributed by atoms with van der Waals surface area (Å²) in [5, 5.41) is 17.5. The molecule has 0 amide bonds. The van der Waals surface area contributed by atoms with E-state index in [4.69, 9.17) is 60.2 Å². The summed E-state index contributed by atoms with van der Waals surface area (Å²) in [4.78, 5) is 61.0. The molecule has 0 unspecified atom stereocenters. The second-order valence-corrected chi connectivity index (χ2v) is 46.0. The van der Waals surface area contributed by atoms with E-state index in [0.29, 0.717) is 180 Å². The van der Waals surface area contributed by atoms with Gasteiger partial charge in [-0.25, -0.2) is 0 Å². The first-order valence-electron chi connectivity index (χ1n) is 54.1. The van der Waals surface area contributed by atoms with Crippen molar-refractivity contribution in [3.05, 3.63) is 96.8 Å². The van der Waals surface area contributed by atoms with Crippen LogP contribution in [0.25, 0.3) is 0 Å². The number of carbonyl (C=O) groups excluding carboxylic acids is 4. The van der Waals surface area contributed by atoms with E-state index in [0.717, 1.165) is 133 Å². The molecule has 3 radical (unpaired) electrons. The van der Waals surface area contributed by atoms with Gasteiger partial charge in [-0.05, 0) is 413 Å². The van der Waals surface area contributed by atoms with Crippen LogP contribution in [0.5, 0.6) is 0 Å². The molecule has 23 heteroatoms. The average Bonchev–Trinajstić information content (AvgIpc) is 1.66. The van der Waals surface area contributed by atoms with Gasteiger partial charge < -0.3 is 76.1 Å². The Hall–Kier alpha value is -4.32. The van der Waals surface area contributed by atoms with Gasteiger partial charge >= 0.3 is 47.5 Å². The first kappa shape index (κ1) is 116. The number of nitrogens with zero attached hydrogens (tertiary/aromatic N) is 4. The second kappa shape index (κ2) is 57.0. The quantitative estimate of drug-likeness (QED) is 0.0102. The van der Waals surface area contributed by atoms with Crippen molar-refractivity contribution >= 4 is 32.1 Å². The molecule has 3 aromatic rings. The molecule has 137 heavy (non-hydrogen) atoms. The maximum absolute atomic E-state index is 12.3. The van der Waals surface area contributed by atoms with Crippen LogP contribution in [0.2, 0.25) is 0 Å². The molecule has 21 nitrogen and oxygen atoms in total. The summed E-state index contributed by atoms with van der Waals surface area (Å²) in [6.45, 7) is 33.5. The van der Waals surface area contributed by atoms with E-state index in [-0.39, 0.29) is 67.4 Å². The minimum atomic E-state index is -0.0913. The van der Waals surface area contributed by atoms with E-state index < -0.39 is 0 Å². The minimum absolute atomic E-state index is 0. The molecule has 0 spiro atoms. The normalized spacial score (nSPS) is 35.2. The molecule has 0 bridgehead atoms. The van der Waals surface area contributed by atoms with Gasteiger partial charge in [0.25, 0.3) is 0 Å². The molecule has 3 heterocycles. The number of Topliss-reactive ketones (excluding diaryl/α,β-unsaturated/α-hetero) is 1. The van der Waals surface area contributed by atoms with Gasteiger partial charge in [0.15, 0.2) is 0 Å². The van der Waals surface area contributed by atoms with Gasteiger partial charge in [-0.3, -0.25) is 34.1 Å². The SMILES string of the molecule is COCO[C@@H]1C[C@H]2CC(=O)CC[C@]2(C)[C@H]2CC[C@]3(C)[C@@H]([C@H](C)CCC(=O)OC)CC[C@H]3[C@H]12.COCO[C@@H]1C[C@H]2C[C@@H](NCCCCCCc3ccccn3)CC[C@]2(C)[C@H]2CC[C@]3(C)[C@@H]([C@H](C)CCC(=O)OC)CC[C@H]3[C@H]12.COCO[C@@H]1C[C@H]2C[C@H](NCCCCCCc3ccccn3)CC[C@]2(C)[C@H]2CC[C@]3(C)[C@@H]([C@H](C)CCC(=O)OC)CC[C@H]3[C@H]12.NCCCCNCc1ccccn1.[B].[C-]#N.[Na+]. The number of hydrogen-bond acceptors (Lipinski definition) is 21. The Balaban J connectivity index is 0.000000214. The monoisotopic (exact) mass is 1910 g/mol. The van der Waals surface area contributed by atoms with E-state index in [1.807, 2.05) is 48.9 Å². The Kier molecular flexibility index (Phi) is 48.3. The molecule has 29 atom stereocenters. The number of methoxy groups -OCH3 is 6. The molecule has 12 aliphatic rings. The second-order valence-electron chi connectivity index (χ2n) is 46.0. The number of esters is 3. The van der Waals surface area contributed by atoms with Gasteiger partial charge in [-0.1, -0.05) is 106 Å². The van der Waals surface area contributed by atoms with E-state index in [2.05, 4.69) is 117 Å². The Bertz CT molecular complexity index is 3840. The summed E-state index contributed by atoms with van der Waals surface area (Å²) in [5.41, 5.74) is 11.0. The predicted octanol–water partition coefficient (Wildman–Crippen LogP) is 19.0. The number of ether oxygens (including phenoxy) is 9. The Labute approximate surface area is 853 Å². The van der Waals surface area contributed by atoms with Crippen LogP contribution in [-0.2, 0) is 81.2 Å². The number of aromatic nitrogens is 3. The smallest absolute Gasteiger partial charge is 0.512 e. The fourth-order valence-corrected chi connectivity index (χ4v) is 32.0. The number of carbonyl (C=O) groups is 4. The predicted molar refractivity (Wildman–Crippen MR) is 540 cm³/mol. The molecule has 0 aromatic carbocycles. The van der Waals surface area contributed by atoms with Crippen molar-refractivity contribution < 1.29 is 91.4 Å². The zero-order valence-corrected chi connectivity index (χ0v) is 90.3. The number of unbranched alkanes of at least 4 members (excludes halogenated alkanes) is 7. The van der Waals surface area contributed by atoms with Crippen molar-refractivity contribution in [3.63, 3.8) is 0 Å². The topological polar surface area (TPSA) is 276 Å². The Morgan fingerprint density at radius 2 is 0.759 bits per heavy atom. The van der Waals surface area contributed by atoms with Gasteiger partial charge in [-0.15, -0.1) is 0 Å². The van der Waals surface area contributed by atoms with Gasteiger partial charge in [0.1, 0.15) is 26.2 Å². The number of ketones is 1. The Morgan fingerprint density at radius 3 is 1.11 bits per heavy atom. The van der Waals surface area contributed by atoms with Gasteiger partial charge in [0, 0.05) is 110 Å².